The van der Waals surface area contributed by atoms with Gasteiger partial charge in [0, 0.05) is 6.54 Å². The van der Waals surface area contributed by atoms with Crippen molar-refractivity contribution in [3.63, 3.8) is 0 Å². The molecule has 1 heterocycles. The molecule has 10 nitrogen and oxygen atoms in total. The molecule has 104 valence electrons. The van der Waals surface area contributed by atoms with Gasteiger partial charge in [0.25, 0.3) is 15.8 Å². The largest absolute Gasteiger partial charge is 0.384 e. The van der Waals surface area contributed by atoms with Crippen LogP contribution in [-0.4, -0.2) is 35.4 Å². The Morgan fingerprint density at radius 2 is 2.37 bits per heavy atom. The van der Waals surface area contributed by atoms with Crippen molar-refractivity contribution in [1.82, 2.24) is 10.8 Å². The van der Waals surface area contributed by atoms with Gasteiger partial charge < -0.3 is 5.32 Å². The van der Waals surface area contributed by atoms with Crippen molar-refractivity contribution in [1.29, 1.82) is 0 Å². The first kappa shape index (κ1) is 13.3. The van der Waals surface area contributed by atoms with Crippen molar-refractivity contribution >= 4 is 15.8 Å². The zero-order valence-electron chi connectivity index (χ0n) is 9.65. The van der Waals surface area contributed by atoms with E-state index in [1.807, 2.05) is 0 Å². The Bertz CT molecular complexity index is 619. The van der Waals surface area contributed by atoms with Crippen molar-refractivity contribution in [3.05, 3.63) is 33.3 Å². The van der Waals surface area contributed by atoms with Crippen LogP contribution in [0.25, 0.3) is 0 Å². The SMILES string of the molecule is CCNC1=CC(S(=O)(=O)O)C([N+](=O)[O-])=C2NON=C12. The molecular formula is C8H10N4O6S. The van der Waals surface area contributed by atoms with Gasteiger partial charge in [0.1, 0.15) is 0 Å². The van der Waals surface area contributed by atoms with Crippen molar-refractivity contribution < 1.29 is 22.8 Å². The lowest BCUT2D eigenvalue weighted by atomic mass is 10.0. The molecule has 0 radical (unpaired) electrons. The fourth-order valence-electron chi connectivity index (χ4n) is 1.77. The molecule has 0 fully saturated rings. The summed E-state index contributed by atoms with van der Waals surface area (Å²) in [5.41, 5.74) is 1.56. The Balaban J connectivity index is 2.61. The van der Waals surface area contributed by atoms with Gasteiger partial charge in [0.05, 0.1) is 10.6 Å². The number of nitrogens with zero attached hydrogens (tertiary/aromatic N) is 2. The van der Waals surface area contributed by atoms with Crippen molar-refractivity contribution in [2.75, 3.05) is 6.54 Å². The first-order valence-electron chi connectivity index (χ1n) is 5.17. The van der Waals surface area contributed by atoms with Crippen LogP contribution >= 0.6 is 0 Å². The first-order valence-corrected chi connectivity index (χ1v) is 6.68. The van der Waals surface area contributed by atoms with Crippen LogP contribution in [-0.2, 0) is 15.1 Å². The van der Waals surface area contributed by atoms with Crippen LogP contribution in [0.3, 0.4) is 0 Å². The van der Waals surface area contributed by atoms with E-state index in [0.29, 0.717) is 6.54 Å². The molecule has 1 atom stereocenters. The average molecular weight is 290 g/mol. The van der Waals surface area contributed by atoms with E-state index in [-0.39, 0.29) is 17.1 Å². The van der Waals surface area contributed by atoms with Crippen LogP contribution in [0.4, 0.5) is 0 Å². The molecule has 11 heteroatoms. The topological polar surface area (TPSA) is 143 Å². The summed E-state index contributed by atoms with van der Waals surface area (Å²) in [6.07, 6.45) is 1.02. The average Bonchev–Trinajstić information content (AvgIpc) is 2.75. The lowest BCUT2D eigenvalue weighted by molar-refractivity contribution is -0.427. The maximum absolute atomic E-state index is 11.3. The van der Waals surface area contributed by atoms with E-state index in [0.717, 1.165) is 6.08 Å². The van der Waals surface area contributed by atoms with Crippen LogP contribution in [0.15, 0.2) is 28.3 Å². The minimum absolute atomic E-state index is 0.0912. The van der Waals surface area contributed by atoms with Gasteiger partial charge >= 0.3 is 0 Å². The third-order valence-electron chi connectivity index (χ3n) is 2.51. The number of nitro groups is 1. The van der Waals surface area contributed by atoms with Crippen LogP contribution in [0.5, 0.6) is 0 Å². The first-order chi connectivity index (χ1) is 8.86. The van der Waals surface area contributed by atoms with E-state index in [2.05, 4.69) is 20.9 Å². The van der Waals surface area contributed by atoms with E-state index >= 15 is 0 Å². The third kappa shape index (κ3) is 2.24. The van der Waals surface area contributed by atoms with E-state index in [1.54, 1.807) is 6.92 Å². The number of fused-ring (bicyclic) bond motifs is 1. The Kier molecular flexibility index (Phi) is 3.16. The van der Waals surface area contributed by atoms with Gasteiger partial charge in [-0.1, -0.05) is 0 Å². The molecular weight excluding hydrogens is 280 g/mol. The Labute approximate surface area is 107 Å². The quantitative estimate of drug-likeness (QED) is 0.344. The molecule has 19 heavy (non-hydrogen) atoms. The fraction of sp³-hybridized carbons (Fsp3) is 0.375. The molecule has 2 rings (SSSR count). The Morgan fingerprint density at radius 1 is 1.68 bits per heavy atom. The number of oxime groups is 1. The molecule has 0 amide bonds. The summed E-state index contributed by atoms with van der Waals surface area (Å²) in [6, 6.07) is 0. The number of nitrogens with one attached hydrogen (secondary N) is 2. The Morgan fingerprint density at radius 3 is 2.89 bits per heavy atom. The summed E-state index contributed by atoms with van der Waals surface area (Å²) in [7, 11) is -4.68. The molecule has 0 saturated carbocycles. The number of hydroxylamine groups is 1. The van der Waals surface area contributed by atoms with Crippen molar-refractivity contribution in [2.45, 2.75) is 12.2 Å². The maximum Gasteiger partial charge on any atom is 0.299 e. The highest BCUT2D eigenvalue weighted by Crippen LogP contribution is 2.27. The van der Waals surface area contributed by atoms with Crippen molar-refractivity contribution in [2.24, 2.45) is 5.16 Å². The second-order valence-electron chi connectivity index (χ2n) is 3.70. The minimum Gasteiger partial charge on any atom is -0.384 e. The van der Waals surface area contributed by atoms with E-state index in [9.17, 15) is 18.5 Å². The molecule has 0 aromatic carbocycles. The molecule has 1 aliphatic heterocycles. The highest BCUT2D eigenvalue weighted by atomic mass is 32.2. The van der Waals surface area contributed by atoms with Gasteiger partial charge in [0.2, 0.25) is 0 Å². The third-order valence-corrected chi connectivity index (χ3v) is 3.51. The monoisotopic (exact) mass is 290 g/mol. The van der Waals surface area contributed by atoms with Crippen LogP contribution in [0.1, 0.15) is 6.92 Å². The number of hydrogen-bond donors (Lipinski definition) is 3. The lowest BCUT2D eigenvalue weighted by Gasteiger charge is -2.18. The summed E-state index contributed by atoms with van der Waals surface area (Å²) in [5, 5.41) is 15.5. The van der Waals surface area contributed by atoms with Crippen molar-refractivity contribution in [3.8, 4) is 0 Å². The summed E-state index contributed by atoms with van der Waals surface area (Å²) in [4.78, 5) is 14.6. The molecule has 0 saturated heterocycles. The van der Waals surface area contributed by atoms with Gasteiger partial charge in [-0.25, -0.2) is 0 Å². The number of hydrogen-bond acceptors (Lipinski definition) is 8. The molecule has 1 unspecified atom stereocenters. The summed E-state index contributed by atoms with van der Waals surface area (Å²) in [5.74, 6) is 0. The predicted octanol–water partition coefficient (Wildman–Crippen LogP) is -0.871. The molecule has 0 spiro atoms. The van der Waals surface area contributed by atoms with Gasteiger partial charge in [0.15, 0.2) is 16.7 Å². The summed E-state index contributed by atoms with van der Waals surface area (Å²) >= 11 is 0. The molecule has 0 aromatic heterocycles. The van der Waals surface area contributed by atoms with Gasteiger partial charge in [-0.2, -0.15) is 13.9 Å². The highest BCUT2D eigenvalue weighted by Gasteiger charge is 2.45. The predicted molar refractivity (Wildman–Crippen MR) is 62.8 cm³/mol. The molecule has 0 aromatic rings. The Hall–Kier alpha value is -2.14. The molecule has 3 N–H and O–H groups in total. The summed E-state index contributed by atoms with van der Waals surface area (Å²) in [6.45, 7) is 2.18. The zero-order chi connectivity index (χ0) is 14.2. The normalized spacial score (nSPS) is 21.9. The smallest absolute Gasteiger partial charge is 0.299 e. The second kappa shape index (κ2) is 4.51. The standard InChI is InChI=1S/C8H10N4O6S/c1-2-9-4-3-5(19(15,16)17)8(12(13)14)7-6(4)10-18-11-7/h3,5,9,11H,2H2,1H3,(H,15,16,17). The molecule has 0 bridgehead atoms. The van der Waals surface area contributed by atoms with E-state index < -0.39 is 26.0 Å². The van der Waals surface area contributed by atoms with Gasteiger partial charge in [-0.3, -0.25) is 19.6 Å². The van der Waals surface area contributed by atoms with E-state index in [1.165, 1.54) is 0 Å². The fourth-order valence-corrected chi connectivity index (χ4v) is 2.57. The lowest BCUT2D eigenvalue weighted by Crippen LogP contribution is -2.37. The van der Waals surface area contributed by atoms with Gasteiger partial charge in [-0.15, -0.1) is 0 Å². The molecule has 1 aliphatic carbocycles. The number of rotatable bonds is 4. The minimum atomic E-state index is -4.68. The van der Waals surface area contributed by atoms with Crippen LogP contribution in [0.2, 0.25) is 0 Å². The van der Waals surface area contributed by atoms with E-state index in [4.69, 9.17) is 4.55 Å². The zero-order valence-corrected chi connectivity index (χ0v) is 10.5. The highest BCUT2D eigenvalue weighted by molar-refractivity contribution is 7.86. The summed E-state index contributed by atoms with van der Waals surface area (Å²) < 4.78 is 31.7. The van der Waals surface area contributed by atoms with Crippen LogP contribution in [0, 0.1) is 10.1 Å². The second-order valence-corrected chi connectivity index (χ2v) is 5.23. The maximum atomic E-state index is 11.3. The molecule has 2 aliphatic rings. The van der Waals surface area contributed by atoms with Gasteiger partial charge in [-0.05, 0) is 18.2 Å². The van der Waals surface area contributed by atoms with Crippen LogP contribution < -0.4 is 10.8 Å².